The van der Waals surface area contributed by atoms with Crippen LogP contribution in [-0.4, -0.2) is 27.2 Å². The van der Waals surface area contributed by atoms with Crippen molar-refractivity contribution < 1.29 is 9.84 Å². The minimum atomic E-state index is 0.146. The molecule has 0 radical (unpaired) electrons. The van der Waals surface area contributed by atoms with Gasteiger partial charge in [-0.3, -0.25) is 0 Å². The molecule has 0 spiro atoms. The van der Waals surface area contributed by atoms with Crippen LogP contribution in [0.5, 0.6) is 11.5 Å². The van der Waals surface area contributed by atoms with E-state index < -0.39 is 0 Å². The van der Waals surface area contributed by atoms with Crippen molar-refractivity contribution in [3.63, 3.8) is 0 Å². The Bertz CT molecular complexity index is 874. The van der Waals surface area contributed by atoms with E-state index in [-0.39, 0.29) is 5.75 Å². The topological polar surface area (TPSA) is 68.1 Å². The Morgan fingerprint density at radius 3 is 2.38 bits per heavy atom. The van der Waals surface area contributed by atoms with Gasteiger partial charge in [-0.2, -0.15) is 0 Å². The number of para-hydroxylation sites is 1. The molecule has 24 heavy (non-hydrogen) atoms. The predicted molar refractivity (Wildman–Crippen MR) is 93.6 cm³/mol. The third-order valence-corrected chi connectivity index (χ3v) is 3.45. The van der Waals surface area contributed by atoms with E-state index in [1.54, 1.807) is 32.2 Å². The Kier molecular flexibility index (Phi) is 4.52. The summed E-state index contributed by atoms with van der Waals surface area (Å²) in [5.41, 5.74) is 1.60. The van der Waals surface area contributed by atoms with Crippen LogP contribution in [0.3, 0.4) is 0 Å². The molecule has 0 amide bonds. The van der Waals surface area contributed by atoms with E-state index in [2.05, 4.69) is 15.0 Å². The quantitative estimate of drug-likeness (QED) is 0.793. The van der Waals surface area contributed by atoms with Crippen LogP contribution in [0.1, 0.15) is 17.2 Å². The van der Waals surface area contributed by atoms with Gasteiger partial charge in [0, 0.05) is 0 Å². The van der Waals surface area contributed by atoms with E-state index in [0.717, 1.165) is 11.3 Å². The van der Waals surface area contributed by atoms with Crippen LogP contribution in [0.4, 0.5) is 0 Å². The Morgan fingerprint density at radius 2 is 1.67 bits per heavy atom. The van der Waals surface area contributed by atoms with Crippen LogP contribution in [0.2, 0.25) is 0 Å². The molecule has 3 rings (SSSR count). The van der Waals surface area contributed by atoms with Gasteiger partial charge < -0.3 is 9.84 Å². The summed E-state index contributed by atoms with van der Waals surface area (Å²) in [7, 11) is 1.64. The van der Waals surface area contributed by atoms with Crippen molar-refractivity contribution in [3.05, 3.63) is 65.7 Å². The zero-order chi connectivity index (χ0) is 16.9. The molecule has 120 valence electrons. The van der Waals surface area contributed by atoms with Gasteiger partial charge in [-0.25, -0.2) is 15.0 Å². The first-order chi connectivity index (χ1) is 11.7. The second-order valence-electron chi connectivity index (χ2n) is 5.19. The third-order valence-electron chi connectivity index (χ3n) is 3.45. The lowest BCUT2D eigenvalue weighted by molar-refractivity contribution is 0.415. The van der Waals surface area contributed by atoms with E-state index >= 15 is 0 Å². The first kappa shape index (κ1) is 15.7. The average Bonchev–Trinajstić information content (AvgIpc) is 2.60. The Morgan fingerprint density at radius 1 is 0.917 bits per heavy atom. The first-order valence-corrected chi connectivity index (χ1v) is 7.49. The molecule has 0 unspecified atom stereocenters. The van der Waals surface area contributed by atoms with Gasteiger partial charge in [-0.15, -0.1) is 0 Å². The molecule has 5 heteroatoms. The van der Waals surface area contributed by atoms with E-state index in [0.29, 0.717) is 23.0 Å². The SMILES string of the molecule is COc1ccc(C=Cc2nc(C)nc(-c3ccccc3O)n2)cc1. The minimum absolute atomic E-state index is 0.146. The smallest absolute Gasteiger partial charge is 0.167 e. The fourth-order valence-electron chi connectivity index (χ4n) is 2.25. The summed E-state index contributed by atoms with van der Waals surface area (Å²) in [4.78, 5) is 13.1. The molecular weight excluding hydrogens is 302 g/mol. The zero-order valence-electron chi connectivity index (χ0n) is 13.5. The van der Waals surface area contributed by atoms with Gasteiger partial charge in [-0.1, -0.05) is 30.3 Å². The number of rotatable bonds is 4. The van der Waals surface area contributed by atoms with E-state index in [9.17, 15) is 5.11 Å². The van der Waals surface area contributed by atoms with Crippen molar-refractivity contribution >= 4 is 12.2 Å². The lowest BCUT2D eigenvalue weighted by Crippen LogP contribution is -1.99. The monoisotopic (exact) mass is 319 g/mol. The lowest BCUT2D eigenvalue weighted by atomic mass is 10.2. The molecule has 1 N–H and O–H groups in total. The maximum Gasteiger partial charge on any atom is 0.167 e. The van der Waals surface area contributed by atoms with E-state index in [4.69, 9.17) is 4.74 Å². The number of aryl methyl sites for hydroxylation is 1. The highest BCUT2D eigenvalue weighted by Crippen LogP contribution is 2.25. The molecular formula is C19H17N3O2. The summed E-state index contributed by atoms with van der Waals surface area (Å²) < 4.78 is 5.14. The normalized spacial score (nSPS) is 10.9. The number of benzene rings is 2. The maximum absolute atomic E-state index is 9.97. The third kappa shape index (κ3) is 3.57. The highest BCUT2D eigenvalue weighted by molar-refractivity contribution is 5.69. The molecule has 5 nitrogen and oxygen atoms in total. The number of hydrogen-bond acceptors (Lipinski definition) is 5. The molecule has 0 saturated heterocycles. The highest BCUT2D eigenvalue weighted by Gasteiger charge is 2.08. The van der Waals surface area contributed by atoms with Crippen LogP contribution in [0.15, 0.2) is 48.5 Å². The van der Waals surface area contributed by atoms with Gasteiger partial charge in [0.2, 0.25) is 0 Å². The van der Waals surface area contributed by atoms with Gasteiger partial charge in [0.05, 0.1) is 12.7 Å². The van der Waals surface area contributed by atoms with Gasteiger partial charge in [0.25, 0.3) is 0 Å². The van der Waals surface area contributed by atoms with Crippen LogP contribution in [0.25, 0.3) is 23.5 Å². The zero-order valence-corrected chi connectivity index (χ0v) is 13.5. The van der Waals surface area contributed by atoms with Crippen molar-refractivity contribution in [2.24, 2.45) is 0 Å². The Hall–Kier alpha value is -3.21. The van der Waals surface area contributed by atoms with Crippen molar-refractivity contribution in [2.75, 3.05) is 7.11 Å². The van der Waals surface area contributed by atoms with Crippen LogP contribution < -0.4 is 4.74 Å². The van der Waals surface area contributed by atoms with Crippen LogP contribution in [-0.2, 0) is 0 Å². The molecule has 0 aliphatic heterocycles. The van der Waals surface area contributed by atoms with Crippen molar-refractivity contribution in [3.8, 4) is 22.9 Å². The van der Waals surface area contributed by atoms with Crippen LogP contribution >= 0.6 is 0 Å². The molecule has 1 aromatic heterocycles. The molecule has 0 saturated carbocycles. The molecule has 0 aliphatic carbocycles. The number of hydrogen-bond donors (Lipinski definition) is 1. The maximum atomic E-state index is 9.97. The first-order valence-electron chi connectivity index (χ1n) is 7.49. The molecule has 3 aromatic rings. The van der Waals surface area contributed by atoms with E-state index in [1.165, 1.54) is 0 Å². The Labute approximate surface area is 140 Å². The van der Waals surface area contributed by atoms with Gasteiger partial charge in [-0.05, 0) is 42.8 Å². The van der Waals surface area contributed by atoms with Gasteiger partial charge in [0.1, 0.15) is 17.3 Å². The second kappa shape index (κ2) is 6.91. The molecule has 2 aromatic carbocycles. The molecule has 0 atom stereocenters. The molecule has 0 aliphatic rings. The average molecular weight is 319 g/mol. The number of phenolic OH excluding ortho intramolecular Hbond substituents is 1. The van der Waals surface area contributed by atoms with Gasteiger partial charge >= 0.3 is 0 Å². The van der Waals surface area contributed by atoms with Crippen molar-refractivity contribution in [1.82, 2.24) is 15.0 Å². The van der Waals surface area contributed by atoms with E-state index in [1.807, 2.05) is 42.5 Å². The number of aromatic hydroxyl groups is 1. The van der Waals surface area contributed by atoms with Crippen molar-refractivity contribution in [1.29, 1.82) is 0 Å². The highest BCUT2D eigenvalue weighted by atomic mass is 16.5. The number of ether oxygens (including phenoxy) is 1. The number of methoxy groups -OCH3 is 1. The summed E-state index contributed by atoms with van der Waals surface area (Å²) in [6, 6.07) is 14.7. The predicted octanol–water partition coefficient (Wildman–Crippen LogP) is 3.73. The Balaban J connectivity index is 1.91. The summed E-state index contributed by atoms with van der Waals surface area (Å²) in [5.74, 6) is 2.54. The molecule has 0 bridgehead atoms. The van der Waals surface area contributed by atoms with Crippen LogP contribution in [0, 0.1) is 6.92 Å². The summed E-state index contributed by atoms with van der Waals surface area (Å²) >= 11 is 0. The fourth-order valence-corrected chi connectivity index (χ4v) is 2.25. The second-order valence-corrected chi connectivity index (χ2v) is 5.19. The number of nitrogens with zero attached hydrogens (tertiary/aromatic N) is 3. The largest absolute Gasteiger partial charge is 0.507 e. The van der Waals surface area contributed by atoms with Crippen molar-refractivity contribution in [2.45, 2.75) is 6.92 Å². The summed E-state index contributed by atoms with van der Waals surface area (Å²) in [5, 5.41) is 9.97. The standard InChI is InChI=1S/C19H17N3O2/c1-13-20-18(12-9-14-7-10-15(24-2)11-8-14)22-19(21-13)16-5-3-4-6-17(16)23/h3-12,23H,1-2H3. The molecule has 1 heterocycles. The fraction of sp³-hybridized carbons (Fsp3) is 0.105. The summed E-state index contributed by atoms with van der Waals surface area (Å²) in [6.07, 6.45) is 3.74. The number of phenols is 1. The molecule has 0 fully saturated rings. The minimum Gasteiger partial charge on any atom is -0.507 e. The number of aromatic nitrogens is 3. The summed E-state index contributed by atoms with van der Waals surface area (Å²) in [6.45, 7) is 1.80. The lowest BCUT2D eigenvalue weighted by Gasteiger charge is -2.05. The van der Waals surface area contributed by atoms with Gasteiger partial charge in [0.15, 0.2) is 11.6 Å².